The maximum Gasteiger partial charge on any atom is 0.408 e. The maximum absolute atomic E-state index is 13.2. The molecule has 0 rings (SSSR count). The van der Waals surface area contributed by atoms with Crippen molar-refractivity contribution < 1.29 is 29.0 Å². The van der Waals surface area contributed by atoms with Gasteiger partial charge >= 0.3 is 12.1 Å². The molecule has 0 aliphatic heterocycles. The number of amides is 2. The van der Waals surface area contributed by atoms with Gasteiger partial charge in [0.2, 0.25) is 5.91 Å². The molecular formula is C23H42N2O6. The Hall–Kier alpha value is -2.09. The summed E-state index contributed by atoms with van der Waals surface area (Å²) in [6.45, 7) is 17.5. The molecule has 180 valence electrons. The van der Waals surface area contributed by atoms with E-state index in [1.54, 1.807) is 61.5 Å². The van der Waals surface area contributed by atoms with Gasteiger partial charge in [0.15, 0.2) is 0 Å². The summed E-state index contributed by atoms with van der Waals surface area (Å²) in [7, 11) is 0. The lowest BCUT2D eigenvalue weighted by Gasteiger charge is -2.30. The molecule has 0 aromatic heterocycles. The number of alkyl carbamates (subject to hydrolysis) is 1. The molecule has 2 amide bonds. The molecule has 0 saturated carbocycles. The van der Waals surface area contributed by atoms with Gasteiger partial charge in [0.1, 0.15) is 23.3 Å². The molecule has 0 heterocycles. The average molecular weight is 443 g/mol. The van der Waals surface area contributed by atoms with Gasteiger partial charge in [-0.1, -0.05) is 26.8 Å². The molecule has 0 unspecified atom stereocenters. The van der Waals surface area contributed by atoms with Crippen molar-refractivity contribution in [1.82, 2.24) is 10.6 Å². The first kappa shape index (κ1) is 28.9. The fraction of sp³-hybridized carbons (Fsp3) is 0.783. The molecule has 0 aromatic rings. The summed E-state index contributed by atoms with van der Waals surface area (Å²) in [6.07, 6.45) is 1.32. The molecule has 0 aromatic carbocycles. The summed E-state index contributed by atoms with van der Waals surface area (Å²) < 4.78 is 10.8. The Morgan fingerprint density at radius 2 is 1.45 bits per heavy atom. The van der Waals surface area contributed by atoms with Crippen molar-refractivity contribution in [2.45, 2.75) is 98.9 Å². The Kier molecular flexibility index (Phi) is 11.3. The number of nitrogens with one attached hydrogen (secondary N) is 2. The average Bonchev–Trinajstić information content (AvgIpc) is 2.56. The topological polar surface area (TPSA) is 114 Å². The monoisotopic (exact) mass is 442 g/mol. The first-order valence-corrected chi connectivity index (χ1v) is 10.8. The number of aliphatic hydroxyl groups is 1. The second kappa shape index (κ2) is 12.1. The van der Waals surface area contributed by atoms with Crippen LogP contribution in [0.5, 0.6) is 0 Å². The Balaban J connectivity index is 5.76. The van der Waals surface area contributed by atoms with E-state index >= 15 is 0 Å². The number of carbonyl (C=O) groups excluding carboxylic acids is 3. The van der Waals surface area contributed by atoms with Crippen molar-refractivity contribution in [1.29, 1.82) is 0 Å². The summed E-state index contributed by atoms with van der Waals surface area (Å²) in [6, 6.07) is -1.92. The van der Waals surface area contributed by atoms with Gasteiger partial charge in [-0.05, 0) is 66.4 Å². The summed E-state index contributed by atoms with van der Waals surface area (Å²) in [4.78, 5) is 38.2. The number of hydrogen-bond donors (Lipinski definition) is 3. The van der Waals surface area contributed by atoms with Gasteiger partial charge in [-0.3, -0.25) is 4.79 Å². The fourth-order valence-electron chi connectivity index (χ4n) is 2.88. The second-order valence-electron chi connectivity index (χ2n) is 10.2. The largest absolute Gasteiger partial charge is 0.458 e. The number of ether oxygens (including phenoxy) is 2. The Labute approximate surface area is 187 Å². The normalized spacial score (nSPS) is 15.7. The molecular weight excluding hydrogens is 400 g/mol. The van der Waals surface area contributed by atoms with Gasteiger partial charge in [0.25, 0.3) is 0 Å². The van der Waals surface area contributed by atoms with Crippen LogP contribution in [0.1, 0.15) is 75.7 Å². The first-order valence-electron chi connectivity index (χ1n) is 10.8. The van der Waals surface area contributed by atoms with Crippen molar-refractivity contribution in [2.75, 3.05) is 6.61 Å². The van der Waals surface area contributed by atoms with Crippen molar-refractivity contribution in [3.05, 3.63) is 11.6 Å². The van der Waals surface area contributed by atoms with E-state index in [1.807, 2.05) is 13.8 Å². The standard InChI is InChI=1S/C23H42N2O6/c1-11-16(13-26)15(4)18(25-21(29)31-23(8,9)10)19(27)24-17(12-14(2)3)20(28)30-22(5,6)7/h11,14-15,17-18,26H,12-13H2,1-10H3,(H,24,27)(H,25,29)/b16-11+/t15-,17-,18-/m0/s1. The number of hydrogen-bond acceptors (Lipinski definition) is 6. The predicted molar refractivity (Wildman–Crippen MR) is 120 cm³/mol. The minimum absolute atomic E-state index is 0.121. The zero-order valence-corrected chi connectivity index (χ0v) is 20.8. The van der Waals surface area contributed by atoms with E-state index in [0.717, 1.165) is 0 Å². The van der Waals surface area contributed by atoms with E-state index in [9.17, 15) is 19.5 Å². The molecule has 0 radical (unpaired) electrons. The lowest BCUT2D eigenvalue weighted by atomic mass is 9.92. The highest BCUT2D eigenvalue weighted by molar-refractivity contribution is 5.90. The third-order valence-electron chi connectivity index (χ3n) is 4.31. The predicted octanol–water partition coefficient (Wildman–Crippen LogP) is 3.33. The number of aliphatic hydroxyl groups excluding tert-OH is 1. The summed E-state index contributed by atoms with van der Waals surface area (Å²) in [5.74, 6) is -1.49. The zero-order valence-electron chi connectivity index (χ0n) is 20.8. The van der Waals surface area contributed by atoms with Gasteiger partial charge in [0.05, 0.1) is 6.61 Å². The van der Waals surface area contributed by atoms with E-state index in [1.165, 1.54) is 0 Å². The Morgan fingerprint density at radius 1 is 0.935 bits per heavy atom. The van der Waals surface area contributed by atoms with Crippen LogP contribution in [0.25, 0.3) is 0 Å². The Bertz CT molecular complexity index is 643. The molecule has 0 aliphatic carbocycles. The van der Waals surface area contributed by atoms with Crippen LogP contribution in [0.15, 0.2) is 11.6 Å². The minimum atomic E-state index is -1.05. The smallest absolute Gasteiger partial charge is 0.408 e. The number of allylic oxidation sites excluding steroid dienone is 1. The van der Waals surface area contributed by atoms with Crippen molar-refractivity contribution >= 4 is 18.0 Å². The van der Waals surface area contributed by atoms with E-state index in [0.29, 0.717) is 12.0 Å². The van der Waals surface area contributed by atoms with Crippen LogP contribution in [-0.2, 0) is 19.1 Å². The molecule has 0 spiro atoms. The summed E-state index contributed by atoms with van der Waals surface area (Å²) >= 11 is 0. The van der Waals surface area contributed by atoms with Crippen LogP contribution < -0.4 is 10.6 Å². The molecule has 0 aliphatic rings. The molecule has 0 bridgehead atoms. The van der Waals surface area contributed by atoms with Crippen LogP contribution in [0, 0.1) is 11.8 Å². The molecule has 3 N–H and O–H groups in total. The molecule has 31 heavy (non-hydrogen) atoms. The van der Waals surface area contributed by atoms with E-state index in [4.69, 9.17) is 9.47 Å². The van der Waals surface area contributed by atoms with Crippen molar-refractivity contribution in [3.8, 4) is 0 Å². The van der Waals surface area contributed by atoms with Crippen LogP contribution in [0.4, 0.5) is 4.79 Å². The van der Waals surface area contributed by atoms with Crippen molar-refractivity contribution in [2.24, 2.45) is 11.8 Å². The lowest BCUT2D eigenvalue weighted by Crippen LogP contribution is -2.56. The molecule has 0 fully saturated rings. The van der Waals surface area contributed by atoms with E-state index in [2.05, 4.69) is 10.6 Å². The maximum atomic E-state index is 13.2. The number of esters is 1. The second-order valence-corrected chi connectivity index (χ2v) is 10.2. The first-order chi connectivity index (χ1) is 14.0. The highest BCUT2D eigenvalue weighted by Crippen LogP contribution is 2.18. The Morgan fingerprint density at radius 3 is 1.84 bits per heavy atom. The third-order valence-corrected chi connectivity index (χ3v) is 4.31. The van der Waals surface area contributed by atoms with Gasteiger partial charge in [-0.15, -0.1) is 0 Å². The summed E-state index contributed by atoms with van der Waals surface area (Å²) in [5, 5.41) is 15.0. The highest BCUT2D eigenvalue weighted by atomic mass is 16.6. The molecule has 0 saturated heterocycles. The molecule has 3 atom stereocenters. The number of rotatable bonds is 9. The van der Waals surface area contributed by atoms with Crippen molar-refractivity contribution in [3.63, 3.8) is 0 Å². The van der Waals surface area contributed by atoms with E-state index in [-0.39, 0.29) is 12.5 Å². The van der Waals surface area contributed by atoms with Crippen LogP contribution in [-0.4, -0.2) is 53.0 Å². The summed E-state index contributed by atoms with van der Waals surface area (Å²) in [5.41, 5.74) is -0.868. The quantitative estimate of drug-likeness (QED) is 0.373. The fourth-order valence-corrected chi connectivity index (χ4v) is 2.88. The van der Waals surface area contributed by atoms with E-state index < -0.39 is 47.2 Å². The zero-order chi connectivity index (χ0) is 24.6. The third kappa shape index (κ3) is 11.8. The van der Waals surface area contributed by atoms with Gasteiger partial charge in [-0.2, -0.15) is 0 Å². The van der Waals surface area contributed by atoms with Crippen LogP contribution >= 0.6 is 0 Å². The van der Waals surface area contributed by atoms with Gasteiger partial charge < -0.3 is 25.2 Å². The highest BCUT2D eigenvalue weighted by Gasteiger charge is 2.34. The van der Waals surface area contributed by atoms with Gasteiger partial charge in [-0.25, -0.2) is 9.59 Å². The van der Waals surface area contributed by atoms with Crippen LogP contribution in [0.3, 0.4) is 0 Å². The van der Waals surface area contributed by atoms with Gasteiger partial charge in [0, 0.05) is 5.92 Å². The SMILES string of the molecule is C/C=C(\CO)[C@H](C)[C@H](NC(=O)OC(C)(C)C)C(=O)N[C@@H](CC(C)C)C(=O)OC(C)(C)C. The lowest BCUT2D eigenvalue weighted by molar-refractivity contribution is -0.159. The molecule has 8 nitrogen and oxygen atoms in total. The minimum Gasteiger partial charge on any atom is -0.458 e. The molecule has 8 heteroatoms. The van der Waals surface area contributed by atoms with Crippen LogP contribution in [0.2, 0.25) is 0 Å². The number of carbonyl (C=O) groups is 3.